The number of phenolic OH excluding ortho intramolecular Hbond substituents is 1. The second kappa shape index (κ2) is 10.8. The monoisotopic (exact) mass is 450 g/mol. The molecule has 1 aromatic heterocycles. The van der Waals surface area contributed by atoms with Crippen LogP contribution in [0.15, 0.2) is 36.4 Å². The first kappa shape index (κ1) is 24.7. The van der Waals surface area contributed by atoms with Gasteiger partial charge in [-0.25, -0.2) is 0 Å². The lowest BCUT2D eigenvalue weighted by molar-refractivity contribution is -0.121. The van der Waals surface area contributed by atoms with Gasteiger partial charge in [0.15, 0.2) is 0 Å². The molecule has 2 N–H and O–H groups in total. The Morgan fingerprint density at radius 1 is 1.12 bits per heavy atom. The number of aryl methyl sites for hydroxylation is 1. The summed E-state index contributed by atoms with van der Waals surface area (Å²) in [6, 6.07) is 11.5. The molecule has 6 nitrogen and oxygen atoms in total. The van der Waals surface area contributed by atoms with Gasteiger partial charge >= 0.3 is 0 Å². The van der Waals surface area contributed by atoms with Crippen LogP contribution >= 0.6 is 0 Å². The normalized spacial score (nSPS) is 12.8. The minimum Gasteiger partial charge on any atom is -0.505 e. The smallest absolute Gasteiger partial charge is 0.220 e. The quantitative estimate of drug-likeness (QED) is 0.416. The molecule has 0 aliphatic heterocycles. The first-order valence-electron chi connectivity index (χ1n) is 12.2. The van der Waals surface area contributed by atoms with E-state index in [1.54, 1.807) is 0 Å². The predicted molar refractivity (Wildman–Crippen MR) is 134 cm³/mol. The maximum Gasteiger partial charge on any atom is 0.220 e. The fraction of sp³-hybridized carbons (Fsp3) is 0.519. The molecular weight excluding hydrogens is 412 g/mol. The summed E-state index contributed by atoms with van der Waals surface area (Å²) in [7, 11) is 0. The lowest BCUT2D eigenvalue weighted by atomic mass is 9.84. The van der Waals surface area contributed by atoms with Crippen LogP contribution in [0.2, 0.25) is 0 Å². The van der Waals surface area contributed by atoms with Gasteiger partial charge in [-0.2, -0.15) is 0 Å². The van der Waals surface area contributed by atoms with Gasteiger partial charge in [0.25, 0.3) is 0 Å². The topological polar surface area (TPSA) is 80.0 Å². The second-order valence-electron chi connectivity index (χ2n) is 9.96. The van der Waals surface area contributed by atoms with Crippen LogP contribution in [-0.4, -0.2) is 32.6 Å². The zero-order valence-corrected chi connectivity index (χ0v) is 20.7. The van der Waals surface area contributed by atoms with Gasteiger partial charge in [-0.05, 0) is 47.9 Å². The number of nitrogens with one attached hydrogen (secondary N) is 1. The summed E-state index contributed by atoms with van der Waals surface area (Å²) in [6.07, 6.45) is 5.64. The highest BCUT2D eigenvalue weighted by Crippen LogP contribution is 2.36. The molecule has 0 bridgehead atoms. The molecule has 1 unspecified atom stereocenters. The van der Waals surface area contributed by atoms with Gasteiger partial charge in [0, 0.05) is 18.5 Å². The van der Waals surface area contributed by atoms with E-state index in [4.69, 9.17) is 0 Å². The fourth-order valence-corrected chi connectivity index (χ4v) is 4.06. The lowest BCUT2D eigenvalue weighted by Gasteiger charge is -2.23. The van der Waals surface area contributed by atoms with Crippen molar-refractivity contribution in [1.29, 1.82) is 0 Å². The fourth-order valence-electron chi connectivity index (χ4n) is 4.06. The number of carbonyl (C=O) groups excluding carboxylic acids is 1. The maximum absolute atomic E-state index is 12.5. The molecule has 3 aromatic rings. The van der Waals surface area contributed by atoms with Crippen LogP contribution in [0.4, 0.5) is 0 Å². The molecule has 2 aromatic carbocycles. The number of benzene rings is 2. The van der Waals surface area contributed by atoms with Crippen molar-refractivity contribution in [1.82, 2.24) is 20.3 Å². The van der Waals surface area contributed by atoms with Gasteiger partial charge in [0.2, 0.25) is 5.91 Å². The SMILES string of the molecule is CCCCC(CC)CNC(=O)CCc1cc(-n2nc3ccccc3n2)c(O)c(C(C)(C)C)c1. The number of aromatic hydroxyl groups is 1. The summed E-state index contributed by atoms with van der Waals surface area (Å²) >= 11 is 0. The van der Waals surface area contributed by atoms with E-state index in [0.717, 1.165) is 41.5 Å². The molecule has 0 saturated heterocycles. The summed E-state index contributed by atoms with van der Waals surface area (Å²) in [5.41, 5.74) is 3.63. The number of hydrogen-bond donors (Lipinski definition) is 2. The Morgan fingerprint density at radius 3 is 2.36 bits per heavy atom. The van der Waals surface area contributed by atoms with E-state index in [1.807, 2.05) is 36.4 Å². The third-order valence-corrected chi connectivity index (χ3v) is 6.23. The van der Waals surface area contributed by atoms with E-state index in [2.05, 4.69) is 50.1 Å². The molecule has 1 atom stereocenters. The number of rotatable bonds is 10. The Morgan fingerprint density at radius 2 is 1.79 bits per heavy atom. The van der Waals surface area contributed by atoms with E-state index in [-0.39, 0.29) is 17.1 Å². The highest BCUT2D eigenvalue weighted by atomic mass is 16.3. The standard InChI is InChI=1S/C27H38N4O2/c1-6-8-11-19(7-2)18-28-25(32)15-14-20-16-21(27(3,4)5)26(33)24(17-20)31-29-22-12-9-10-13-23(22)30-31/h9-10,12-13,16-17,19,33H,6-8,11,14-15,18H2,1-5H3,(H,28,32). The van der Waals surface area contributed by atoms with Crippen molar-refractivity contribution in [2.45, 2.75) is 78.6 Å². The van der Waals surface area contributed by atoms with E-state index in [9.17, 15) is 9.90 Å². The zero-order chi connectivity index (χ0) is 24.0. The van der Waals surface area contributed by atoms with Crippen LogP contribution in [0.25, 0.3) is 16.7 Å². The number of carbonyl (C=O) groups is 1. The van der Waals surface area contributed by atoms with Gasteiger partial charge in [0.05, 0.1) is 0 Å². The molecule has 1 heterocycles. The summed E-state index contributed by atoms with van der Waals surface area (Å²) in [5, 5.41) is 23.3. The Kier molecular flexibility index (Phi) is 8.11. The average Bonchev–Trinajstić information content (AvgIpc) is 3.21. The lowest BCUT2D eigenvalue weighted by Crippen LogP contribution is -2.29. The van der Waals surface area contributed by atoms with Crippen molar-refractivity contribution in [3.05, 3.63) is 47.5 Å². The first-order chi connectivity index (χ1) is 15.7. The van der Waals surface area contributed by atoms with Crippen LogP contribution in [0.5, 0.6) is 5.75 Å². The predicted octanol–water partition coefficient (Wildman–Crippen LogP) is 5.69. The van der Waals surface area contributed by atoms with Crippen LogP contribution in [0.3, 0.4) is 0 Å². The van der Waals surface area contributed by atoms with Crippen LogP contribution in [0, 0.1) is 5.92 Å². The Bertz CT molecular complexity index is 1050. The molecule has 178 valence electrons. The minimum absolute atomic E-state index is 0.0693. The summed E-state index contributed by atoms with van der Waals surface area (Å²) in [6.45, 7) is 11.3. The van der Waals surface area contributed by atoms with Gasteiger partial charge in [0.1, 0.15) is 22.5 Å². The molecule has 0 spiro atoms. The number of unbranched alkanes of at least 4 members (excludes halogenated alkanes) is 1. The highest BCUT2D eigenvalue weighted by Gasteiger charge is 2.23. The number of nitrogens with zero attached hydrogens (tertiary/aromatic N) is 3. The van der Waals surface area contributed by atoms with E-state index in [1.165, 1.54) is 17.6 Å². The average molecular weight is 451 g/mol. The van der Waals surface area contributed by atoms with Gasteiger partial charge in [-0.15, -0.1) is 15.0 Å². The summed E-state index contributed by atoms with van der Waals surface area (Å²) < 4.78 is 0. The molecule has 0 saturated carbocycles. The Labute approximate surface area is 197 Å². The van der Waals surface area contributed by atoms with Crippen LogP contribution in [-0.2, 0) is 16.6 Å². The Balaban J connectivity index is 1.79. The third kappa shape index (κ3) is 6.34. The van der Waals surface area contributed by atoms with Crippen LogP contribution < -0.4 is 5.32 Å². The number of hydrogen-bond acceptors (Lipinski definition) is 4. The van der Waals surface area contributed by atoms with Crippen molar-refractivity contribution in [2.75, 3.05) is 6.54 Å². The minimum atomic E-state index is -0.267. The molecule has 6 heteroatoms. The Hall–Kier alpha value is -2.89. The molecule has 0 aliphatic rings. The van der Waals surface area contributed by atoms with E-state index >= 15 is 0 Å². The van der Waals surface area contributed by atoms with Crippen molar-refractivity contribution in [3.8, 4) is 11.4 Å². The molecule has 33 heavy (non-hydrogen) atoms. The van der Waals surface area contributed by atoms with Gasteiger partial charge in [-0.3, -0.25) is 4.79 Å². The first-order valence-corrected chi connectivity index (χ1v) is 12.2. The van der Waals surface area contributed by atoms with E-state index < -0.39 is 0 Å². The molecule has 0 fully saturated rings. The highest BCUT2D eigenvalue weighted by molar-refractivity contribution is 5.76. The second-order valence-corrected chi connectivity index (χ2v) is 9.96. The van der Waals surface area contributed by atoms with Gasteiger partial charge < -0.3 is 10.4 Å². The number of fused-ring (bicyclic) bond motifs is 1. The number of phenols is 1. The molecule has 0 radical (unpaired) electrons. The van der Waals surface area contributed by atoms with E-state index in [0.29, 0.717) is 24.4 Å². The zero-order valence-electron chi connectivity index (χ0n) is 20.7. The number of aromatic nitrogens is 3. The van der Waals surface area contributed by atoms with Crippen molar-refractivity contribution >= 4 is 16.9 Å². The summed E-state index contributed by atoms with van der Waals surface area (Å²) in [5.74, 6) is 0.791. The molecular formula is C27H38N4O2. The largest absolute Gasteiger partial charge is 0.505 e. The maximum atomic E-state index is 12.5. The van der Waals surface area contributed by atoms with Gasteiger partial charge in [-0.1, -0.05) is 72.1 Å². The van der Waals surface area contributed by atoms with Crippen LogP contribution in [0.1, 0.15) is 77.8 Å². The molecule has 1 amide bonds. The molecule has 3 rings (SSSR count). The third-order valence-electron chi connectivity index (χ3n) is 6.23. The number of amides is 1. The van der Waals surface area contributed by atoms with Crippen molar-refractivity contribution in [3.63, 3.8) is 0 Å². The summed E-state index contributed by atoms with van der Waals surface area (Å²) in [4.78, 5) is 14.0. The molecule has 0 aliphatic carbocycles. The van der Waals surface area contributed by atoms with Crippen molar-refractivity contribution < 1.29 is 9.90 Å². The van der Waals surface area contributed by atoms with Crippen molar-refractivity contribution in [2.24, 2.45) is 5.92 Å².